The average Bonchev–Trinajstić information content (AvgIpc) is 2.47. The lowest BCUT2D eigenvalue weighted by Gasteiger charge is -2.17. The Labute approximate surface area is 75.7 Å². The van der Waals surface area contributed by atoms with E-state index in [4.69, 9.17) is 5.26 Å². The van der Waals surface area contributed by atoms with Crippen molar-refractivity contribution in [1.29, 1.82) is 5.26 Å². The largest absolute Gasteiger partial charge is 0.322 e. The maximum absolute atomic E-state index is 12.8. The standard InChI is InChI=1S/C8H10FN3O/c1-11-4-8(13)12-5-6(9)2-7(12)3-10/h6-7H,1-2,4-5H2. The van der Waals surface area contributed by atoms with Gasteiger partial charge in [0.25, 0.3) is 0 Å². The minimum absolute atomic E-state index is 0.00653. The summed E-state index contributed by atoms with van der Waals surface area (Å²) >= 11 is 0. The fourth-order valence-electron chi connectivity index (χ4n) is 1.37. The molecule has 1 aliphatic rings. The summed E-state index contributed by atoms with van der Waals surface area (Å²) in [6.07, 6.45) is -0.974. The molecule has 4 nitrogen and oxygen atoms in total. The van der Waals surface area contributed by atoms with Crippen molar-refractivity contribution in [3.8, 4) is 6.07 Å². The number of rotatable bonds is 2. The third-order valence-electron chi connectivity index (χ3n) is 1.97. The van der Waals surface area contributed by atoms with Crippen molar-refractivity contribution in [1.82, 2.24) is 4.90 Å². The Bertz CT molecular complexity index is 261. The van der Waals surface area contributed by atoms with Gasteiger partial charge < -0.3 is 4.90 Å². The van der Waals surface area contributed by atoms with Crippen LogP contribution in [0.3, 0.4) is 0 Å². The van der Waals surface area contributed by atoms with Crippen LogP contribution in [0.5, 0.6) is 0 Å². The van der Waals surface area contributed by atoms with E-state index in [1.54, 1.807) is 0 Å². The van der Waals surface area contributed by atoms with Gasteiger partial charge in [-0.25, -0.2) is 4.39 Å². The first-order valence-corrected chi connectivity index (χ1v) is 3.94. The summed E-state index contributed by atoms with van der Waals surface area (Å²) in [5, 5.41) is 8.61. The molecule has 2 atom stereocenters. The molecule has 1 rings (SSSR count). The zero-order valence-corrected chi connectivity index (χ0v) is 7.11. The maximum atomic E-state index is 12.8. The van der Waals surface area contributed by atoms with Gasteiger partial charge in [0.05, 0.1) is 12.6 Å². The molecule has 1 aliphatic heterocycles. The lowest BCUT2D eigenvalue weighted by molar-refractivity contribution is -0.129. The molecule has 1 fully saturated rings. The van der Waals surface area contributed by atoms with Crippen molar-refractivity contribution in [2.45, 2.75) is 18.6 Å². The molecule has 2 unspecified atom stereocenters. The van der Waals surface area contributed by atoms with Crippen LogP contribution in [0.25, 0.3) is 0 Å². The van der Waals surface area contributed by atoms with E-state index in [9.17, 15) is 9.18 Å². The van der Waals surface area contributed by atoms with Gasteiger partial charge in [-0.05, 0) is 6.72 Å². The Balaban J connectivity index is 2.63. The van der Waals surface area contributed by atoms with Crippen LogP contribution in [0.4, 0.5) is 4.39 Å². The van der Waals surface area contributed by atoms with Gasteiger partial charge in [0.1, 0.15) is 18.8 Å². The second-order valence-corrected chi connectivity index (χ2v) is 2.91. The molecule has 13 heavy (non-hydrogen) atoms. The predicted molar refractivity (Wildman–Crippen MR) is 45.0 cm³/mol. The van der Waals surface area contributed by atoms with E-state index < -0.39 is 12.2 Å². The Hall–Kier alpha value is -1.44. The van der Waals surface area contributed by atoms with Gasteiger partial charge in [0.2, 0.25) is 5.91 Å². The molecule has 0 saturated carbocycles. The molecule has 1 heterocycles. The maximum Gasteiger partial charge on any atom is 0.245 e. The third kappa shape index (κ3) is 2.02. The van der Waals surface area contributed by atoms with E-state index in [1.165, 1.54) is 4.90 Å². The molecule has 0 radical (unpaired) electrons. The summed E-state index contributed by atoms with van der Waals surface area (Å²) in [6.45, 7) is 3.10. The van der Waals surface area contributed by atoms with Gasteiger partial charge in [-0.1, -0.05) is 0 Å². The van der Waals surface area contributed by atoms with Crippen molar-refractivity contribution in [2.24, 2.45) is 4.99 Å². The van der Waals surface area contributed by atoms with E-state index in [0.29, 0.717) is 0 Å². The molecule has 0 aromatic carbocycles. The molecular weight excluding hydrogens is 173 g/mol. The number of hydrogen-bond donors (Lipinski definition) is 0. The Morgan fingerprint density at radius 3 is 3.08 bits per heavy atom. The second kappa shape index (κ2) is 3.99. The Morgan fingerprint density at radius 1 is 1.85 bits per heavy atom. The molecule has 0 bridgehead atoms. The number of alkyl halides is 1. The number of likely N-dealkylation sites (tertiary alicyclic amines) is 1. The minimum Gasteiger partial charge on any atom is -0.322 e. The molecule has 70 valence electrons. The highest BCUT2D eigenvalue weighted by Gasteiger charge is 2.34. The summed E-state index contributed by atoms with van der Waals surface area (Å²) in [6, 6.07) is 1.25. The summed E-state index contributed by atoms with van der Waals surface area (Å²) in [7, 11) is 0. The summed E-state index contributed by atoms with van der Waals surface area (Å²) in [4.78, 5) is 15.9. The van der Waals surface area contributed by atoms with E-state index in [0.717, 1.165) is 0 Å². The van der Waals surface area contributed by atoms with Gasteiger partial charge >= 0.3 is 0 Å². The molecule has 0 aromatic rings. The Kier molecular flexibility index (Phi) is 2.96. The van der Waals surface area contributed by atoms with Gasteiger partial charge in [-0.3, -0.25) is 9.79 Å². The fourth-order valence-corrected chi connectivity index (χ4v) is 1.37. The molecule has 0 aromatic heterocycles. The molecule has 1 amide bonds. The van der Waals surface area contributed by atoms with Gasteiger partial charge in [-0.2, -0.15) is 5.26 Å². The van der Waals surface area contributed by atoms with E-state index in [2.05, 4.69) is 11.7 Å². The zero-order chi connectivity index (χ0) is 9.84. The third-order valence-corrected chi connectivity index (χ3v) is 1.97. The highest BCUT2D eigenvalue weighted by molar-refractivity contribution is 5.80. The van der Waals surface area contributed by atoms with Crippen molar-refractivity contribution in [3.63, 3.8) is 0 Å². The van der Waals surface area contributed by atoms with Crippen molar-refractivity contribution >= 4 is 12.6 Å². The Morgan fingerprint density at radius 2 is 2.54 bits per heavy atom. The highest BCUT2D eigenvalue weighted by Crippen LogP contribution is 2.19. The van der Waals surface area contributed by atoms with Gasteiger partial charge in [-0.15, -0.1) is 0 Å². The number of carbonyl (C=O) groups excluding carboxylic acids is 1. The number of amides is 1. The van der Waals surface area contributed by atoms with Crippen LogP contribution in [-0.2, 0) is 4.79 Å². The fraction of sp³-hybridized carbons (Fsp3) is 0.625. The van der Waals surface area contributed by atoms with Crippen LogP contribution < -0.4 is 0 Å². The molecule has 0 aliphatic carbocycles. The smallest absolute Gasteiger partial charge is 0.245 e. The zero-order valence-electron chi connectivity index (χ0n) is 7.11. The predicted octanol–water partition coefficient (Wildman–Crippen LogP) is 0.150. The quantitative estimate of drug-likeness (QED) is 0.572. The van der Waals surface area contributed by atoms with Crippen LogP contribution in [0, 0.1) is 11.3 Å². The van der Waals surface area contributed by atoms with Gasteiger partial charge in [0, 0.05) is 6.42 Å². The topological polar surface area (TPSA) is 56.5 Å². The summed E-state index contributed by atoms with van der Waals surface area (Å²) < 4.78 is 12.8. The number of nitriles is 1. The number of hydrogen-bond acceptors (Lipinski definition) is 3. The number of carbonyl (C=O) groups is 1. The number of halogens is 1. The van der Waals surface area contributed by atoms with E-state index in [1.807, 2.05) is 6.07 Å². The first-order chi connectivity index (χ1) is 6.19. The monoisotopic (exact) mass is 183 g/mol. The first kappa shape index (κ1) is 9.65. The van der Waals surface area contributed by atoms with Crippen LogP contribution >= 0.6 is 0 Å². The molecule has 1 saturated heterocycles. The molecule has 0 N–H and O–H groups in total. The van der Waals surface area contributed by atoms with Crippen molar-refractivity contribution < 1.29 is 9.18 Å². The lowest BCUT2D eigenvalue weighted by atomic mass is 10.2. The molecular formula is C8H10FN3O. The van der Waals surface area contributed by atoms with E-state index in [-0.39, 0.29) is 25.4 Å². The second-order valence-electron chi connectivity index (χ2n) is 2.91. The van der Waals surface area contributed by atoms with Crippen LogP contribution in [0.2, 0.25) is 0 Å². The van der Waals surface area contributed by atoms with Gasteiger partial charge in [0.15, 0.2) is 0 Å². The molecule has 5 heteroatoms. The summed E-state index contributed by atoms with van der Waals surface area (Å²) in [5.41, 5.74) is 0. The number of aliphatic imine (C=N–C) groups is 1. The normalized spacial score (nSPS) is 26.9. The van der Waals surface area contributed by atoms with Crippen LogP contribution in [-0.4, -0.2) is 42.8 Å². The number of nitrogens with zero attached hydrogens (tertiary/aromatic N) is 3. The highest BCUT2D eigenvalue weighted by atomic mass is 19.1. The van der Waals surface area contributed by atoms with E-state index >= 15 is 0 Å². The summed E-state index contributed by atoms with van der Waals surface area (Å²) in [5.74, 6) is -0.332. The lowest BCUT2D eigenvalue weighted by Crippen LogP contribution is -2.36. The molecule has 0 spiro atoms. The van der Waals surface area contributed by atoms with Crippen LogP contribution in [0.1, 0.15) is 6.42 Å². The average molecular weight is 183 g/mol. The van der Waals surface area contributed by atoms with Crippen molar-refractivity contribution in [2.75, 3.05) is 13.1 Å². The van der Waals surface area contributed by atoms with Crippen LogP contribution in [0.15, 0.2) is 4.99 Å². The minimum atomic E-state index is -1.08. The SMILES string of the molecule is C=NCC(=O)N1CC(F)CC1C#N. The first-order valence-electron chi connectivity index (χ1n) is 3.94. The van der Waals surface area contributed by atoms with Crippen molar-refractivity contribution in [3.05, 3.63) is 0 Å².